The van der Waals surface area contributed by atoms with Crippen molar-refractivity contribution in [1.82, 2.24) is 4.31 Å². The number of nitrogens with zero attached hydrogens (tertiary/aromatic N) is 1. The first-order chi connectivity index (χ1) is 5.06. The minimum absolute atomic E-state index is 0.236. The number of hydrogen-bond donors (Lipinski definition) is 0. The summed E-state index contributed by atoms with van der Waals surface area (Å²) >= 11 is 0. The van der Waals surface area contributed by atoms with E-state index in [1.54, 1.807) is 11.2 Å². The van der Waals surface area contributed by atoms with E-state index >= 15 is 0 Å². The molecule has 0 unspecified atom stereocenters. The molecule has 0 aliphatic carbocycles. The van der Waals surface area contributed by atoms with Gasteiger partial charge in [0.15, 0.2) is 0 Å². The molecule has 0 saturated carbocycles. The molecule has 1 aliphatic heterocycles. The average Bonchev–Trinajstić information content (AvgIpc) is 2.36. The van der Waals surface area contributed by atoms with Crippen LogP contribution in [0.3, 0.4) is 0 Å². The smallest absolute Gasteiger partial charge is 0.212 e. The molecule has 1 rings (SSSR count). The third-order valence-electron chi connectivity index (χ3n) is 2.14. The molecule has 4 heteroatoms. The van der Waals surface area contributed by atoms with E-state index in [0.717, 1.165) is 19.5 Å². The van der Waals surface area contributed by atoms with Crippen molar-refractivity contribution in [3.8, 4) is 0 Å². The second-order valence-corrected chi connectivity index (χ2v) is 5.41. The minimum Gasteiger partial charge on any atom is -0.212 e. The van der Waals surface area contributed by atoms with Gasteiger partial charge in [-0.25, -0.2) is 12.7 Å². The number of hydrogen-bond acceptors (Lipinski definition) is 2. The third-order valence-corrected chi connectivity index (χ3v) is 3.99. The van der Waals surface area contributed by atoms with E-state index in [2.05, 4.69) is 6.92 Å². The van der Waals surface area contributed by atoms with E-state index in [9.17, 15) is 8.42 Å². The topological polar surface area (TPSA) is 37.4 Å². The van der Waals surface area contributed by atoms with Crippen molar-refractivity contribution in [3.63, 3.8) is 0 Å². The van der Waals surface area contributed by atoms with Crippen LogP contribution in [0.2, 0.25) is 0 Å². The van der Waals surface area contributed by atoms with E-state index in [-0.39, 0.29) is 5.75 Å². The SMILES string of the molecule is CCS(=O)(=O)N1CC[C@@H](C)C1. The summed E-state index contributed by atoms with van der Waals surface area (Å²) in [6.45, 7) is 5.22. The van der Waals surface area contributed by atoms with Crippen LogP contribution < -0.4 is 0 Å². The molecule has 0 radical (unpaired) electrons. The van der Waals surface area contributed by atoms with Gasteiger partial charge in [-0.1, -0.05) is 6.92 Å². The first-order valence-electron chi connectivity index (χ1n) is 4.04. The zero-order valence-electron chi connectivity index (χ0n) is 7.08. The Kier molecular flexibility index (Phi) is 2.54. The Morgan fingerprint density at radius 3 is 2.55 bits per heavy atom. The Hall–Kier alpha value is -0.0900. The van der Waals surface area contributed by atoms with Crippen LogP contribution in [0.25, 0.3) is 0 Å². The molecule has 11 heavy (non-hydrogen) atoms. The van der Waals surface area contributed by atoms with Gasteiger partial charge in [0.25, 0.3) is 0 Å². The highest BCUT2D eigenvalue weighted by molar-refractivity contribution is 7.89. The Morgan fingerprint density at radius 2 is 2.18 bits per heavy atom. The summed E-state index contributed by atoms with van der Waals surface area (Å²) in [5.74, 6) is 0.774. The van der Waals surface area contributed by atoms with Gasteiger partial charge in [0.2, 0.25) is 10.0 Å². The third kappa shape index (κ3) is 1.93. The van der Waals surface area contributed by atoms with Gasteiger partial charge >= 0.3 is 0 Å². The fraction of sp³-hybridized carbons (Fsp3) is 1.00. The Balaban J connectivity index is 2.64. The first kappa shape index (κ1) is 9.00. The molecule has 1 saturated heterocycles. The van der Waals surface area contributed by atoms with Crippen molar-refractivity contribution in [2.75, 3.05) is 18.8 Å². The highest BCUT2D eigenvalue weighted by atomic mass is 32.2. The summed E-state index contributed by atoms with van der Waals surface area (Å²) in [5, 5.41) is 0. The largest absolute Gasteiger partial charge is 0.213 e. The Labute approximate surface area is 68.4 Å². The predicted molar refractivity (Wildman–Crippen MR) is 44.8 cm³/mol. The summed E-state index contributed by atoms with van der Waals surface area (Å²) < 4.78 is 24.1. The second kappa shape index (κ2) is 3.11. The van der Waals surface area contributed by atoms with Gasteiger partial charge in [0.05, 0.1) is 5.75 Å². The van der Waals surface area contributed by atoms with Crippen LogP contribution in [0.5, 0.6) is 0 Å². The molecule has 1 heterocycles. The van der Waals surface area contributed by atoms with Gasteiger partial charge in [0, 0.05) is 13.1 Å². The standard InChI is InChI=1S/C7H15NO2S/c1-3-11(9,10)8-5-4-7(2)6-8/h7H,3-6H2,1-2H3/t7-/m1/s1. The summed E-state index contributed by atoms with van der Waals surface area (Å²) in [5.41, 5.74) is 0. The maximum absolute atomic E-state index is 11.3. The van der Waals surface area contributed by atoms with Crippen LogP contribution in [0.1, 0.15) is 20.3 Å². The molecule has 0 aromatic heterocycles. The van der Waals surface area contributed by atoms with Crippen molar-refractivity contribution in [2.24, 2.45) is 5.92 Å². The van der Waals surface area contributed by atoms with E-state index in [4.69, 9.17) is 0 Å². The predicted octanol–water partition coefficient (Wildman–Crippen LogP) is 0.678. The number of sulfonamides is 1. The molecule has 0 spiro atoms. The summed E-state index contributed by atoms with van der Waals surface area (Å²) in [6, 6.07) is 0. The summed E-state index contributed by atoms with van der Waals surface area (Å²) in [6.07, 6.45) is 1.01. The van der Waals surface area contributed by atoms with Crippen molar-refractivity contribution >= 4 is 10.0 Å². The highest BCUT2D eigenvalue weighted by Gasteiger charge is 2.27. The van der Waals surface area contributed by atoms with Crippen molar-refractivity contribution < 1.29 is 8.42 Å². The molecular formula is C7H15NO2S. The second-order valence-electron chi connectivity index (χ2n) is 3.15. The van der Waals surface area contributed by atoms with Crippen LogP contribution >= 0.6 is 0 Å². The quantitative estimate of drug-likeness (QED) is 0.622. The molecule has 1 aliphatic rings. The van der Waals surface area contributed by atoms with Crippen LogP contribution in [0.15, 0.2) is 0 Å². The van der Waals surface area contributed by atoms with Crippen LogP contribution in [0.4, 0.5) is 0 Å². The zero-order chi connectivity index (χ0) is 8.48. The fourth-order valence-corrected chi connectivity index (χ4v) is 2.56. The molecule has 0 aromatic rings. The molecular weight excluding hydrogens is 162 g/mol. The van der Waals surface area contributed by atoms with Crippen molar-refractivity contribution in [2.45, 2.75) is 20.3 Å². The molecule has 0 aromatic carbocycles. The first-order valence-corrected chi connectivity index (χ1v) is 5.65. The van der Waals surface area contributed by atoms with E-state index in [0.29, 0.717) is 5.92 Å². The van der Waals surface area contributed by atoms with Gasteiger partial charge < -0.3 is 0 Å². The lowest BCUT2D eigenvalue weighted by atomic mass is 10.2. The van der Waals surface area contributed by atoms with Crippen molar-refractivity contribution in [1.29, 1.82) is 0 Å². The van der Waals surface area contributed by atoms with Crippen LogP contribution in [-0.2, 0) is 10.0 Å². The van der Waals surface area contributed by atoms with Gasteiger partial charge in [-0.15, -0.1) is 0 Å². The lowest BCUT2D eigenvalue weighted by Gasteiger charge is -2.13. The van der Waals surface area contributed by atoms with Crippen molar-refractivity contribution in [3.05, 3.63) is 0 Å². The molecule has 0 amide bonds. The van der Waals surface area contributed by atoms with E-state index < -0.39 is 10.0 Å². The molecule has 3 nitrogen and oxygen atoms in total. The number of rotatable bonds is 2. The van der Waals surface area contributed by atoms with Gasteiger partial charge in [0.1, 0.15) is 0 Å². The van der Waals surface area contributed by atoms with E-state index in [1.807, 2.05) is 0 Å². The highest BCUT2D eigenvalue weighted by Crippen LogP contribution is 2.18. The van der Waals surface area contributed by atoms with Gasteiger partial charge in [-0.3, -0.25) is 0 Å². The monoisotopic (exact) mass is 177 g/mol. The molecule has 1 atom stereocenters. The average molecular weight is 177 g/mol. The van der Waals surface area contributed by atoms with Gasteiger partial charge in [-0.05, 0) is 19.3 Å². The maximum Gasteiger partial charge on any atom is 0.213 e. The molecule has 1 fully saturated rings. The molecule has 66 valence electrons. The maximum atomic E-state index is 11.3. The van der Waals surface area contributed by atoms with Gasteiger partial charge in [-0.2, -0.15) is 0 Å². The Morgan fingerprint density at radius 1 is 1.55 bits per heavy atom. The lowest BCUT2D eigenvalue weighted by molar-refractivity contribution is 0.465. The minimum atomic E-state index is -2.90. The normalized spacial score (nSPS) is 27.6. The summed E-state index contributed by atoms with van der Waals surface area (Å²) in [7, 11) is -2.90. The Bertz CT molecular complexity index is 223. The van der Waals surface area contributed by atoms with Crippen LogP contribution in [-0.4, -0.2) is 31.6 Å². The zero-order valence-corrected chi connectivity index (χ0v) is 7.89. The van der Waals surface area contributed by atoms with Crippen LogP contribution in [0, 0.1) is 5.92 Å². The lowest BCUT2D eigenvalue weighted by Crippen LogP contribution is -2.29. The van der Waals surface area contributed by atoms with E-state index in [1.165, 1.54) is 0 Å². The fourth-order valence-electron chi connectivity index (χ4n) is 1.33. The molecule has 0 bridgehead atoms. The summed E-state index contributed by atoms with van der Waals surface area (Å²) in [4.78, 5) is 0. The molecule has 0 N–H and O–H groups in total.